The minimum absolute atomic E-state index is 0.0456. The lowest BCUT2D eigenvalue weighted by molar-refractivity contribution is -0.139. The molecule has 3 rings (SSSR count). The van der Waals surface area contributed by atoms with Gasteiger partial charge in [-0.15, -0.1) is 0 Å². The molecule has 6 nitrogen and oxygen atoms in total. The van der Waals surface area contributed by atoms with Crippen LogP contribution in [0.3, 0.4) is 0 Å². The zero-order valence-electron chi connectivity index (χ0n) is 15.3. The molecule has 6 heteroatoms. The molecule has 27 heavy (non-hydrogen) atoms. The summed E-state index contributed by atoms with van der Waals surface area (Å²) in [5, 5.41) is 14.7. The van der Waals surface area contributed by atoms with E-state index >= 15 is 0 Å². The van der Waals surface area contributed by atoms with Crippen molar-refractivity contribution in [3.05, 3.63) is 59.7 Å². The molecular weight excluding hydrogens is 344 g/mol. The van der Waals surface area contributed by atoms with Crippen LogP contribution in [0.2, 0.25) is 0 Å². The Kier molecular flexibility index (Phi) is 6.08. The third-order valence-corrected chi connectivity index (χ3v) is 4.85. The van der Waals surface area contributed by atoms with Crippen molar-refractivity contribution in [1.82, 2.24) is 10.6 Å². The molecule has 0 fully saturated rings. The van der Waals surface area contributed by atoms with Gasteiger partial charge in [0.2, 0.25) is 0 Å². The molecule has 1 amide bonds. The zero-order chi connectivity index (χ0) is 19.2. The summed E-state index contributed by atoms with van der Waals surface area (Å²) in [7, 11) is 1.80. The topological polar surface area (TPSA) is 87.7 Å². The first-order chi connectivity index (χ1) is 13.1. The van der Waals surface area contributed by atoms with E-state index in [9.17, 15) is 14.7 Å². The second kappa shape index (κ2) is 8.68. The van der Waals surface area contributed by atoms with Crippen molar-refractivity contribution in [3.8, 4) is 11.1 Å². The van der Waals surface area contributed by atoms with Crippen LogP contribution in [0.4, 0.5) is 4.79 Å². The fraction of sp³-hybridized carbons (Fsp3) is 0.333. The average molecular weight is 368 g/mol. The lowest BCUT2D eigenvalue weighted by Crippen LogP contribution is -2.41. The Labute approximate surface area is 158 Å². The van der Waals surface area contributed by atoms with E-state index in [1.807, 2.05) is 36.4 Å². The zero-order valence-corrected chi connectivity index (χ0v) is 15.3. The van der Waals surface area contributed by atoms with Crippen LogP contribution in [0.1, 0.15) is 29.9 Å². The molecule has 1 unspecified atom stereocenters. The third kappa shape index (κ3) is 4.28. The van der Waals surface area contributed by atoms with Gasteiger partial charge in [-0.1, -0.05) is 48.5 Å². The number of amides is 1. The summed E-state index contributed by atoms with van der Waals surface area (Å²) in [6.45, 7) is 0.860. The van der Waals surface area contributed by atoms with Gasteiger partial charge in [-0.25, -0.2) is 9.59 Å². The van der Waals surface area contributed by atoms with Gasteiger partial charge in [-0.2, -0.15) is 0 Å². The number of aliphatic carboxylic acids is 1. The third-order valence-electron chi connectivity index (χ3n) is 4.85. The van der Waals surface area contributed by atoms with E-state index in [1.165, 1.54) is 0 Å². The molecule has 2 aromatic carbocycles. The summed E-state index contributed by atoms with van der Waals surface area (Å²) < 4.78 is 5.40. The van der Waals surface area contributed by atoms with Gasteiger partial charge in [-0.05, 0) is 48.7 Å². The fourth-order valence-electron chi connectivity index (χ4n) is 3.52. The second-order valence-corrected chi connectivity index (χ2v) is 6.61. The van der Waals surface area contributed by atoms with Gasteiger partial charge in [0.15, 0.2) is 0 Å². The van der Waals surface area contributed by atoms with Crippen molar-refractivity contribution in [3.63, 3.8) is 0 Å². The Morgan fingerprint density at radius 2 is 1.67 bits per heavy atom. The summed E-state index contributed by atoms with van der Waals surface area (Å²) in [5.41, 5.74) is 4.54. The van der Waals surface area contributed by atoms with Crippen LogP contribution < -0.4 is 10.6 Å². The predicted octanol–water partition coefficient (Wildman–Crippen LogP) is 2.98. The van der Waals surface area contributed by atoms with Crippen molar-refractivity contribution in [1.29, 1.82) is 0 Å². The largest absolute Gasteiger partial charge is 0.480 e. The molecular formula is C21H24N2O4. The molecule has 0 radical (unpaired) electrons. The van der Waals surface area contributed by atoms with Crippen LogP contribution in [0.5, 0.6) is 0 Å². The maximum Gasteiger partial charge on any atom is 0.407 e. The van der Waals surface area contributed by atoms with E-state index in [2.05, 4.69) is 22.8 Å². The number of hydrogen-bond acceptors (Lipinski definition) is 4. The number of fused-ring (bicyclic) bond motifs is 3. The van der Waals surface area contributed by atoms with Crippen LogP contribution in [0, 0.1) is 0 Å². The second-order valence-electron chi connectivity index (χ2n) is 6.61. The molecule has 0 spiro atoms. The van der Waals surface area contributed by atoms with Crippen LogP contribution in [0.15, 0.2) is 48.5 Å². The summed E-state index contributed by atoms with van der Waals surface area (Å²) in [5.74, 6) is -1.10. The summed E-state index contributed by atoms with van der Waals surface area (Å²) in [6, 6.07) is 15.2. The first kappa shape index (κ1) is 18.9. The number of nitrogens with one attached hydrogen (secondary N) is 2. The number of carboxylic acid groups (broad SMARTS) is 1. The van der Waals surface area contributed by atoms with Crippen LogP contribution in [-0.4, -0.2) is 43.4 Å². The number of carbonyl (C=O) groups is 2. The van der Waals surface area contributed by atoms with Crippen molar-refractivity contribution >= 4 is 12.1 Å². The Hall–Kier alpha value is -2.86. The first-order valence-electron chi connectivity index (χ1n) is 9.10. The molecule has 0 heterocycles. The SMILES string of the molecule is CNCCCC(NC(=O)OCC1c2ccccc2-c2ccccc21)C(=O)O. The van der Waals surface area contributed by atoms with Gasteiger partial charge >= 0.3 is 12.1 Å². The molecule has 0 aromatic heterocycles. The minimum atomic E-state index is -1.06. The molecule has 142 valence electrons. The van der Waals surface area contributed by atoms with Crippen molar-refractivity contribution in [2.24, 2.45) is 0 Å². The summed E-state index contributed by atoms with van der Waals surface area (Å²) >= 11 is 0. The molecule has 2 aromatic rings. The van der Waals surface area contributed by atoms with E-state index in [1.54, 1.807) is 7.05 Å². The maximum absolute atomic E-state index is 12.2. The molecule has 0 bridgehead atoms. The van der Waals surface area contributed by atoms with Crippen LogP contribution in [-0.2, 0) is 9.53 Å². The van der Waals surface area contributed by atoms with E-state index in [0.29, 0.717) is 19.4 Å². The molecule has 3 N–H and O–H groups in total. The smallest absolute Gasteiger partial charge is 0.407 e. The highest BCUT2D eigenvalue weighted by atomic mass is 16.5. The Balaban J connectivity index is 1.64. The number of carbonyl (C=O) groups excluding carboxylic acids is 1. The lowest BCUT2D eigenvalue weighted by Gasteiger charge is -2.17. The number of rotatable bonds is 8. The molecule has 1 atom stereocenters. The Morgan fingerprint density at radius 3 is 2.22 bits per heavy atom. The number of alkyl carbamates (subject to hydrolysis) is 1. The summed E-state index contributed by atoms with van der Waals surface area (Å²) in [6.07, 6.45) is 0.297. The lowest BCUT2D eigenvalue weighted by atomic mass is 9.98. The highest BCUT2D eigenvalue weighted by molar-refractivity contribution is 5.81. The molecule has 1 aliphatic rings. The van der Waals surface area contributed by atoms with Gasteiger partial charge in [0.25, 0.3) is 0 Å². The standard InChI is InChI=1S/C21H24N2O4/c1-22-12-6-11-19(20(24)25)23-21(26)27-13-18-16-9-4-2-7-14(16)15-8-3-5-10-17(15)18/h2-5,7-10,18-19,22H,6,11-13H2,1H3,(H,23,26)(H,24,25). The number of carboxylic acids is 1. The number of benzene rings is 2. The van der Waals surface area contributed by atoms with Crippen molar-refractivity contribution in [2.75, 3.05) is 20.2 Å². The van der Waals surface area contributed by atoms with Crippen molar-refractivity contribution in [2.45, 2.75) is 24.8 Å². The maximum atomic E-state index is 12.2. The van der Waals surface area contributed by atoms with Gasteiger partial charge in [-0.3, -0.25) is 0 Å². The number of ether oxygens (including phenoxy) is 1. The minimum Gasteiger partial charge on any atom is -0.480 e. The normalized spacial score (nSPS) is 13.5. The van der Waals surface area contributed by atoms with Crippen LogP contribution in [0.25, 0.3) is 11.1 Å². The highest BCUT2D eigenvalue weighted by Gasteiger charge is 2.29. The molecule has 0 saturated carbocycles. The van der Waals surface area contributed by atoms with Gasteiger partial charge in [0, 0.05) is 5.92 Å². The van der Waals surface area contributed by atoms with E-state index < -0.39 is 18.1 Å². The van der Waals surface area contributed by atoms with E-state index in [4.69, 9.17) is 4.74 Å². The fourth-order valence-corrected chi connectivity index (χ4v) is 3.52. The van der Waals surface area contributed by atoms with E-state index in [0.717, 1.165) is 22.3 Å². The molecule has 1 aliphatic carbocycles. The molecule has 0 saturated heterocycles. The first-order valence-corrected chi connectivity index (χ1v) is 9.10. The molecule has 0 aliphatic heterocycles. The number of hydrogen-bond donors (Lipinski definition) is 3. The predicted molar refractivity (Wildman–Crippen MR) is 103 cm³/mol. The Morgan fingerprint density at radius 1 is 1.07 bits per heavy atom. The van der Waals surface area contributed by atoms with Crippen LogP contribution >= 0.6 is 0 Å². The Bertz CT molecular complexity index is 776. The van der Waals surface area contributed by atoms with Gasteiger partial charge < -0.3 is 20.5 Å². The summed E-state index contributed by atoms with van der Waals surface area (Å²) in [4.78, 5) is 23.5. The average Bonchev–Trinajstić information content (AvgIpc) is 2.99. The van der Waals surface area contributed by atoms with Crippen molar-refractivity contribution < 1.29 is 19.4 Å². The monoisotopic (exact) mass is 368 g/mol. The van der Waals surface area contributed by atoms with Gasteiger partial charge in [0.05, 0.1) is 0 Å². The van der Waals surface area contributed by atoms with E-state index in [-0.39, 0.29) is 12.5 Å². The van der Waals surface area contributed by atoms with Gasteiger partial charge in [0.1, 0.15) is 12.6 Å². The highest BCUT2D eigenvalue weighted by Crippen LogP contribution is 2.44. The quantitative estimate of drug-likeness (QED) is 0.624.